The highest BCUT2D eigenvalue weighted by atomic mass is 32.2. The van der Waals surface area contributed by atoms with E-state index in [0.717, 1.165) is 12.0 Å². The van der Waals surface area contributed by atoms with Crippen LogP contribution >= 0.6 is 0 Å². The molecule has 0 bridgehead atoms. The average molecular weight is 480 g/mol. The Morgan fingerprint density at radius 2 is 1.53 bits per heavy atom. The molecular formula is C26H29N3O4S. The Morgan fingerprint density at radius 1 is 0.912 bits per heavy atom. The van der Waals surface area contributed by atoms with E-state index in [9.17, 15) is 18.0 Å². The van der Waals surface area contributed by atoms with Crippen LogP contribution in [-0.2, 0) is 10.0 Å². The molecule has 0 aliphatic rings. The summed E-state index contributed by atoms with van der Waals surface area (Å²) in [5.41, 5.74) is 2.50. The number of carbonyl (C=O) groups is 2. The normalized spacial score (nSPS) is 12.0. The number of hydrogen-bond acceptors (Lipinski definition) is 4. The molecule has 0 heterocycles. The van der Waals surface area contributed by atoms with Crippen LogP contribution in [0.5, 0.6) is 0 Å². The van der Waals surface area contributed by atoms with Gasteiger partial charge in [-0.2, -0.15) is 0 Å². The fraction of sp³-hybridized carbons (Fsp3) is 0.231. The maximum Gasteiger partial charge on any atom is 0.264 e. The van der Waals surface area contributed by atoms with Crippen molar-refractivity contribution < 1.29 is 18.0 Å². The van der Waals surface area contributed by atoms with Gasteiger partial charge in [0, 0.05) is 18.7 Å². The summed E-state index contributed by atoms with van der Waals surface area (Å²) in [6, 6.07) is 19.7. The largest absolute Gasteiger partial charge is 0.350 e. The number of nitrogens with one attached hydrogen (secondary N) is 2. The number of nitrogens with zero attached hydrogens (tertiary/aromatic N) is 1. The van der Waals surface area contributed by atoms with Crippen molar-refractivity contribution in [3.63, 3.8) is 0 Å². The van der Waals surface area contributed by atoms with E-state index in [0.29, 0.717) is 22.5 Å². The standard InChI is InChI=1S/C26H29N3O4S/c1-5-19(3)27-26(31)23-8-6-7-9-24(23)28-25(30)20-12-14-21(15-13-20)29(4)34(32,33)22-16-10-18(2)11-17-22/h6-17,19H,5H2,1-4H3,(H,27,31)(H,28,30)/t19-/m1/s1. The molecule has 0 fully saturated rings. The molecule has 0 aliphatic heterocycles. The van der Waals surface area contributed by atoms with E-state index >= 15 is 0 Å². The summed E-state index contributed by atoms with van der Waals surface area (Å²) in [4.78, 5) is 25.6. The molecule has 0 saturated heterocycles. The number of benzene rings is 3. The van der Waals surface area contributed by atoms with E-state index in [4.69, 9.17) is 0 Å². The third kappa shape index (κ3) is 5.63. The van der Waals surface area contributed by atoms with Gasteiger partial charge in [0.1, 0.15) is 0 Å². The van der Waals surface area contributed by atoms with Crippen LogP contribution in [0.2, 0.25) is 0 Å². The topological polar surface area (TPSA) is 95.6 Å². The van der Waals surface area contributed by atoms with E-state index in [1.165, 1.54) is 11.4 Å². The predicted molar refractivity (Wildman–Crippen MR) is 135 cm³/mol. The summed E-state index contributed by atoms with van der Waals surface area (Å²) in [6.07, 6.45) is 0.792. The molecule has 0 saturated carbocycles. The molecule has 178 valence electrons. The molecule has 1 atom stereocenters. The second-order valence-electron chi connectivity index (χ2n) is 8.11. The first-order valence-electron chi connectivity index (χ1n) is 11.0. The number of para-hydroxylation sites is 1. The maximum atomic E-state index is 12.9. The molecule has 0 aromatic heterocycles. The Hall–Kier alpha value is -3.65. The van der Waals surface area contributed by atoms with Crippen LogP contribution in [0.3, 0.4) is 0 Å². The fourth-order valence-electron chi connectivity index (χ4n) is 3.22. The first-order chi connectivity index (χ1) is 16.1. The van der Waals surface area contributed by atoms with Crippen molar-refractivity contribution in [3.05, 3.63) is 89.5 Å². The molecule has 0 unspecified atom stereocenters. The zero-order valence-corrected chi connectivity index (χ0v) is 20.5. The first kappa shape index (κ1) is 25.0. The van der Waals surface area contributed by atoms with Crippen LogP contribution in [-0.4, -0.2) is 33.3 Å². The van der Waals surface area contributed by atoms with Crippen LogP contribution in [0.15, 0.2) is 77.7 Å². The van der Waals surface area contributed by atoms with Crippen LogP contribution in [0.1, 0.15) is 46.5 Å². The number of carbonyl (C=O) groups excluding carboxylic acids is 2. The van der Waals surface area contributed by atoms with E-state index in [1.54, 1.807) is 72.8 Å². The molecule has 8 heteroatoms. The Labute approximate surface area is 200 Å². The van der Waals surface area contributed by atoms with Gasteiger partial charge in [-0.05, 0) is 68.8 Å². The quantitative estimate of drug-likeness (QED) is 0.494. The number of aryl methyl sites for hydroxylation is 1. The van der Waals surface area contributed by atoms with Gasteiger partial charge >= 0.3 is 0 Å². The molecule has 2 N–H and O–H groups in total. The van der Waals surface area contributed by atoms with E-state index < -0.39 is 15.9 Å². The van der Waals surface area contributed by atoms with Crippen molar-refractivity contribution in [1.29, 1.82) is 0 Å². The molecule has 34 heavy (non-hydrogen) atoms. The molecule has 0 radical (unpaired) electrons. The number of rotatable bonds is 8. The SMILES string of the molecule is CC[C@@H](C)NC(=O)c1ccccc1NC(=O)c1ccc(N(C)S(=O)(=O)c2ccc(C)cc2)cc1. The van der Waals surface area contributed by atoms with Gasteiger partial charge in [-0.1, -0.05) is 36.8 Å². The third-order valence-corrected chi connectivity index (χ3v) is 7.38. The van der Waals surface area contributed by atoms with Gasteiger partial charge in [0.05, 0.1) is 21.8 Å². The molecule has 2 amide bonds. The van der Waals surface area contributed by atoms with Crippen LogP contribution in [0, 0.1) is 6.92 Å². The van der Waals surface area contributed by atoms with Crippen LogP contribution in [0.25, 0.3) is 0 Å². The summed E-state index contributed by atoms with van der Waals surface area (Å²) in [5.74, 6) is -0.664. The Bertz CT molecular complexity index is 1270. The highest BCUT2D eigenvalue weighted by molar-refractivity contribution is 7.92. The number of amides is 2. The van der Waals surface area contributed by atoms with Crippen molar-refractivity contribution in [2.45, 2.75) is 38.1 Å². The first-order valence-corrected chi connectivity index (χ1v) is 12.4. The summed E-state index contributed by atoms with van der Waals surface area (Å²) >= 11 is 0. The minimum atomic E-state index is -3.73. The van der Waals surface area contributed by atoms with Gasteiger partial charge in [0.2, 0.25) is 0 Å². The predicted octanol–water partition coefficient (Wildman–Crippen LogP) is 4.60. The number of sulfonamides is 1. The molecule has 7 nitrogen and oxygen atoms in total. The van der Waals surface area contributed by atoms with Gasteiger partial charge < -0.3 is 10.6 Å². The molecule has 3 aromatic rings. The monoisotopic (exact) mass is 479 g/mol. The van der Waals surface area contributed by atoms with Crippen LogP contribution in [0.4, 0.5) is 11.4 Å². The Kier molecular flexibility index (Phi) is 7.73. The van der Waals surface area contributed by atoms with Crippen molar-refractivity contribution in [2.24, 2.45) is 0 Å². The van der Waals surface area contributed by atoms with Gasteiger partial charge in [-0.15, -0.1) is 0 Å². The van der Waals surface area contributed by atoms with Crippen LogP contribution < -0.4 is 14.9 Å². The molecule has 0 spiro atoms. The summed E-state index contributed by atoms with van der Waals surface area (Å²) < 4.78 is 27.0. The number of anilines is 2. The summed E-state index contributed by atoms with van der Waals surface area (Å²) in [7, 11) is -2.26. The lowest BCUT2D eigenvalue weighted by Gasteiger charge is -2.20. The second-order valence-corrected chi connectivity index (χ2v) is 10.1. The Balaban J connectivity index is 1.76. The van der Waals surface area contributed by atoms with E-state index in [1.807, 2.05) is 20.8 Å². The molecule has 3 rings (SSSR count). The van der Waals surface area contributed by atoms with Crippen molar-refractivity contribution >= 4 is 33.2 Å². The lowest BCUT2D eigenvalue weighted by Crippen LogP contribution is -2.32. The zero-order chi connectivity index (χ0) is 24.9. The second kappa shape index (κ2) is 10.5. The lowest BCUT2D eigenvalue weighted by atomic mass is 10.1. The summed E-state index contributed by atoms with van der Waals surface area (Å²) in [5, 5.41) is 5.67. The molecule has 3 aromatic carbocycles. The van der Waals surface area contributed by atoms with Crippen molar-refractivity contribution in [2.75, 3.05) is 16.7 Å². The Morgan fingerprint density at radius 3 is 2.15 bits per heavy atom. The highest BCUT2D eigenvalue weighted by Crippen LogP contribution is 2.23. The summed E-state index contributed by atoms with van der Waals surface area (Å²) in [6.45, 7) is 5.78. The average Bonchev–Trinajstić information content (AvgIpc) is 2.84. The van der Waals surface area contributed by atoms with Gasteiger partial charge in [-0.25, -0.2) is 8.42 Å². The van der Waals surface area contributed by atoms with Gasteiger partial charge in [-0.3, -0.25) is 13.9 Å². The maximum absolute atomic E-state index is 12.9. The van der Waals surface area contributed by atoms with E-state index in [-0.39, 0.29) is 16.8 Å². The van der Waals surface area contributed by atoms with E-state index in [2.05, 4.69) is 10.6 Å². The fourth-order valence-corrected chi connectivity index (χ4v) is 4.41. The zero-order valence-electron chi connectivity index (χ0n) is 19.7. The van der Waals surface area contributed by atoms with Crippen molar-refractivity contribution in [1.82, 2.24) is 5.32 Å². The number of hydrogen-bond donors (Lipinski definition) is 2. The smallest absolute Gasteiger partial charge is 0.264 e. The lowest BCUT2D eigenvalue weighted by molar-refractivity contribution is 0.0940. The minimum Gasteiger partial charge on any atom is -0.350 e. The third-order valence-electron chi connectivity index (χ3n) is 5.58. The minimum absolute atomic E-state index is 0.0111. The van der Waals surface area contributed by atoms with Gasteiger partial charge in [0.15, 0.2) is 0 Å². The highest BCUT2D eigenvalue weighted by Gasteiger charge is 2.21. The van der Waals surface area contributed by atoms with Crippen molar-refractivity contribution in [3.8, 4) is 0 Å². The van der Waals surface area contributed by atoms with Gasteiger partial charge in [0.25, 0.3) is 21.8 Å². The molecule has 0 aliphatic carbocycles. The molecular weight excluding hydrogens is 450 g/mol.